The van der Waals surface area contributed by atoms with E-state index in [-0.39, 0.29) is 12.0 Å². The van der Waals surface area contributed by atoms with Crippen LogP contribution in [0.2, 0.25) is 0 Å². The summed E-state index contributed by atoms with van der Waals surface area (Å²) in [6, 6.07) is 12.2. The molecule has 1 fully saturated rings. The van der Waals surface area contributed by atoms with Crippen molar-refractivity contribution in [2.75, 3.05) is 25.5 Å². The van der Waals surface area contributed by atoms with Crippen LogP contribution in [-0.4, -0.2) is 57.1 Å². The zero-order chi connectivity index (χ0) is 22.3. The van der Waals surface area contributed by atoms with Crippen molar-refractivity contribution in [2.45, 2.75) is 43.9 Å². The molecule has 4 N–H and O–H groups in total. The average Bonchev–Trinajstić information content (AvgIpc) is 3.37. The van der Waals surface area contributed by atoms with E-state index in [0.29, 0.717) is 6.42 Å². The van der Waals surface area contributed by atoms with Crippen LogP contribution >= 0.6 is 0 Å². The first-order valence-electron chi connectivity index (χ1n) is 11.5. The summed E-state index contributed by atoms with van der Waals surface area (Å²) in [5.74, 6) is 0.694. The number of rotatable bonds is 10. The molecule has 0 unspecified atom stereocenters. The minimum atomic E-state index is -0.826. The molecule has 4 rings (SSSR count). The average molecular weight is 436 g/mol. The number of hydrogen-bond acceptors (Lipinski definition) is 6. The topological polar surface area (TPSA) is 95.2 Å². The molecule has 2 heterocycles. The monoisotopic (exact) mass is 435 g/mol. The van der Waals surface area contributed by atoms with Gasteiger partial charge in [0.2, 0.25) is 0 Å². The highest BCUT2D eigenvalue weighted by molar-refractivity contribution is 5.87. The predicted molar refractivity (Wildman–Crippen MR) is 128 cm³/mol. The number of aromatic nitrogens is 3. The maximum Gasteiger partial charge on any atom is 0.145 e. The lowest BCUT2D eigenvalue weighted by molar-refractivity contribution is 0.0138. The van der Waals surface area contributed by atoms with Crippen molar-refractivity contribution in [1.29, 1.82) is 0 Å². The lowest BCUT2D eigenvalue weighted by Crippen LogP contribution is -2.29. The molecule has 0 aliphatic heterocycles. The number of hydrogen-bond donors (Lipinski definition) is 4. The van der Waals surface area contributed by atoms with E-state index in [1.165, 1.54) is 11.9 Å². The quantitative estimate of drug-likeness (QED) is 0.289. The summed E-state index contributed by atoms with van der Waals surface area (Å²) in [6.45, 7) is 1.95. The molecule has 7 nitrogen and oxygen atoms in total. The molecule has 0 spiro atoms. The van der Waals surface area contributed by atoms with Gasteiger partial charge in [0.1, 0.15) is 23.9 Å². The summed E-state index contributed by atoms with van der Waals surface area (Å²) < 4.78 is 1.97. The molecule has 4 atom stereocenters. The second-order valence-electron chi connectivity index (χ2n) is 8.44. The smallest absolute Gasteiger partial charge is 0.145 e. The fraction of sp³-hybridized carbons (Fsp3) is 0.440. The zero-order valence-corrected chi connectivity index (χ0v) is 18.6. The predicted octanol–water partition coefficient (Wildman–Crippen LogP) is 2.92. The van der Waals surface area contributed by atoms with Crippen LogP contribution in [0, 0.1) is 5.92 Å². The van der Waals surface area contributed by atoms with Crippen molar-refractivity contribution in [2.24, 2.45) is 5.92 Å². The Kier molecular flexibility index (Phi) is 7.52. The molecule has 1 aliphatic rings. The number of nitrogens with one attached hydrogen (secondary N) is 2. The lowest BCUT2D eigenvalue weighted by atomic mass is 10.0. The highest BCUT2D eigenvalue weighted by Crippen LogP contribution is 2.38. The first-order chi connectivity index (χ1) is 15.7. The summed E-state index contributed by atoms with van der Waals surface area (Å²) in [5, 5.41) is 28.8. The highest BCUT2D eigenvalue weighted by atomic mass is 16.3. The van der Waals surface area contributed by atoms with Crippen LogP contribution in [0.25, 0.3) is 11.0 Å². The van der Waals surface area contributed by atoms with E-state index in [4.69, 9.17) is 0 Å². The van der Waals surface area contributed by atoms with E-state index in [1.54, 1.807) is 0 Å². The first-order valence-corrected chi connectivity index (χ1v) is 11.5. The van der Waals surface area contributed by atoms with Crippen molar-refractivity contribution in [3.63, 3.8) is 0 Å². The minimum Gasteiger partial charge on any atom is -0.390 e. The van der Waals surface area contributed by atoms with Gasteiger partial charge in [-0.2, -0.15) is 0 Å². The van der Waals surface area contributed by atoms with Crippen LogP contribution < -0.4 is 10.6 Å². The Labute approximate surface area is 189 Å². The number of aliphatic hydroxyl groups is 2. The lowest BCUT2D eigenvalue weighted by Gasteiger charge is -2.18. The Morgan fingerprint density at radius 1 is 1.09 bits per heavy atom. The second kappa shape index (κ2) is 10.7. The van der Waals surface area contributed by atoms with E-state index in [9.17, 15) is 10.2 Å². The Balaban J connectivity index is 1.25. The number of nitrogens with zero attached hydrogens (tertiary/aromatic N) is 3. The van der Waals surface area contributed by atoms with Gasteiger partial charge in [0.05, 0.1) is 17.5 Å². The van der Waals surface area contributed by atoms with Crippen molar-refractivity contribution in [3.05, 3.63) is 66.6 Å². The largest absolute Gasteiger partial charge is 0.390 e. The highest BCUT2D eigenvalue weighted by Gasteiger charge is 2.41. The van der Waals surface area contributed by atoms with Crippen LogP contribution in [-0.2, 0) is 6.42 Å². The molecule has 1 saturated carbocycles. The summed E-state index contributed by atoms with van der Waals surface area (Å²) in [7, 11) is 1.83. The molecule has 32 heavy (non-hydrogen) atoms. The van der Waals surface area contributed by atoms with Crippen LogP contribution in [0.15, 0.2) is 61.1 Å². The Hall–Kier alpha value is -2.74. The molecule has 0 bridgehead atoms. The molecular weight excluding hydrogens is 402 g/mol. The maximum atomic E-state index is 10.7. The van der Waals surface area contributed by atoms with Crippen molar-refractivity contribution in [1.82, 2.24) is 19.9 Å². The van der Waals surface area contributed by atoms with Crippen LogP contribution in [0.4, 0.5) is 5.82 Å². The first kappa shape index (κ1) is 22.5. The Morgan fingerprint density at radius 3 is 2.75 bits per heavy atom. The van der Waals surface area contributed by atoms with Crippen molar-refractivity contribution in [3.8, 4) is 0 Å². The van der Waals surface area contributed by atoms with E-state index in [0.717, 1.165) is 49.2 Å². The van der Waals surface area contributed by atoms with E-state index >= 15 is 0 Å². The third kappa shape index (κ3) is 5.01. The number of allylic oxidation sites excluding steroid dienone is 1. The van der Waals surface area contributed by atoms with Crippen LogP contribution in [0.3, 0.4) is 0 Å². The maximum absolute atomic E-state index is 10.7. The van der Waals surface area contributed by atoms with E-state index < -0.39 is 12.2 Å². The van der Waals surface area contributed by atoms with Gasteiger partial charge < -0.3 is 25.4 Å². The van der Waals surface area contributed by atoms with E-state index in [1.807, 2.05) is 29.9 Å². The minimum absolute atomic E-state index is 0.0657. The number of benzene rings is 1. The number of unbranched alkanes of at least 4 members (excludes halogenated alkanes) is 1. The van der Waals surface area contributed by atoms with Crippen molar-refractivity contribution < 1.29 is 10.2 Å². The molecule has 0 saturated heterocycles. The molecule has 170 valence electrons. The van der Waals surface area contributed by atoms with Gasteiger partial charge in [-0.05, 0) is 50.4 Å². The molecule has 0 amide bonds. The number of aliphatic hydroxyl groups excluding tert-OH is 2. The standard InChI is InChI=1S/C25H33N5O2/c1-26-24-20-12-15-30(25(20)29-17-28-24)21-16-19(22(31)23(21)32)10-6-3-7-13-27-14-11-18-8-4-2-5-9-18/h2,4-6,8-10,12,15,17,19,21-23,27,31-32H,3,7,11,13-14,16H2,1H3,(H,26,28,29)/b10-6+/t19-,21+,22+,23-/m0/s1. The molecule has 0 radical (unpaired) electrons. The molecule has 7 heteroatoms. The van der Waals surface area contributed by atoms with Gasteiger partial charge in [-0.25, -0.2) is 9.97 Å². The third-order valence-electron chi connectivity index (χ3n) is 6.34. The van der Waals surface area contributed by atoms with Crippen LogP contribution in [0.5, 0.6) is 0 Å². The second-order valence-corrected chi connectivity index (χ2v) is 8.44. The molecule has 1 aromatic carbocycles. The summed E-state index contributed by atoms with van der Waals surface area (Å²) in [5.41, 5.74) is 2.12. The summed E-state index contributed by atoms with van der Waals surface area (Å²) >= 11 is 0. The zero-order valence-electron chi connectivity index (χ0n) is 18.6. The molecule has 3 aromatic rings. The SMILES string of the molecule is CNc1ncnc2c1ccn2[C@@H]1C[C@H](/C=C/CCCNCCc2ccccc2)[C@@H](O)[C@H]1O. The number of anilines is 1. The normalized spacial score (nSPS) is 23.3. The summed E-state index contributed by atoms with van der Waals surface area (Å²) in [4.78, 5) is 8.65. The third-order valence-corrected chi connectivity index (χ3v) is 6.34. The fourth-order valence-corrected chi connectivity index (χ4v) is 4.57. The summed E-state index contributed by atoms with van der Waals surface area (Å²) in [6.07, 6.45) is 9.77. The van der Waals surface area contributed by atoms with Gasteiger partial charge in [0.25, 0.3) is 0 Å². The van der Waals surface area contributed by atoms with Crippen LogP contribution in [0.1, 0.15) is 30.9 Å². The van der Waals surface area contributed by atoms with Gasteiger partial charge in [0.15, 0.2) is 0 Å². The molecule has 1 aliphatic carbocycles. The molecule has 2 aromatic heterocycles. The van der Waals surface area contributed by atoms with Crippen molar-refractivity contribution >= 4 is 16.9 Å². The molecular formula is C25H33N5O2. The van der Waals surface area contributed by atoms with Gasteiger partial charge in [-0.15, -0.1) is 0 Å². The Bertz CT molecular complexity index is 1020. The van der Waals surface area contributed by atoms with E-state index in [2.05, 4.69) is 57.0 Å². The van der Waals surface area contributed by atoms with Gasteiger partial charge in [0, 0.05) is 19.2 Å². The number of fused-ring (bicyclic) bond motifs is 1. The fourth-order valence-electron chi connectivity index (χ4n) is 4.57. The van der Waals surface area contributed by atoms with Gasteiger partial charge in [-0.1, -0.05) is 42.5 Å². The van der Waals surface area contributed by atoms with Gasteiger partial charge in [-0.3, -0.25) is 0 Å². The Morgan fingerprint density at radius 2 is 1.94 bits per heavy atom. The van der Waals surface area contributed by atoms with Gasteiger partial charge >= 0.3 is 0 Å².